The Kier molecular flexibility index (Phi) is 4.87. The third-order valence-corrected chi connectivity index (χ3v) is 2.16. The molecule has 3 heteroatoms. The molecule has 0 aromatic heterocycles. The molecule has 0 aromatic rings. The van der Waals surface area contributed by atoms with E-state index in [1.165, 1.54) is 0 Å². The minimum atomic E-state index is -0.568. The molecule has 2 N–H and O–H groups in total. The van der Waals surface area contributed by atoms with Crippen LogP contribution in [0.25, 0.3) is 0 Å². The summed E-state index contributed by atoms with van der Waals surface area (Å²) in [5, 5.41) is 0. The summed E-state index contributed by atoms with van der Waals surface area (Å²) < 4.78 is 6.29. The van der Waals surface area contributed by atoms with E-state index in [1.54, 1.807) is 6.92 Å². The number of hydrogen-bond donors (Lipinski definition) is 1. The molecule has 0 bridgehead atoms. The average molecular weight is 206 g/mol. The molecule has 2 nitrogen and oxygen atoms in total. The molecule has 0 aromatic carbocycles. The van der Waals surface area contributed by atoms with Crippen molar-refractivity contribution in [3.05, 3.63) is 0 Å². The van der Waals surface area contributed by atoms with Crippen molar-refractivity contribution in [2.45, 2.75) is 17.8 Å². The molecule has 0 amide bonds. The van der Waals surface area contributed by atoms with E-state index in [2.05, 4.69) is 0 Å². The Hall–Kier alpha value is 0.429. The van der Waals surface area contributed by atoms with Gasteiger partial charge in [-0.3, -0.25) is 0 Å². The van der Waals surface area contributed by atoms with E-state index in [9.17, 15) is 4.79 Å². The summed E-state index contributed by atoms with van der Waals surface area (Å²) in [6, 6.07) is 0. The second-order valence-electron chi connectivity index (χ2n) is 1.41. The molecule has 0 aliphatic heterocycles. The number of carbonyl (C=O) groups excluding carboxylic acids is 1. The quantitative estimate of drug-likeness (QED) is 0.658. The van der Waals surface area contributed by atoms with Crippen LogP contribution in [0.2, 0.25) is 4.44 Å². The summed E-state index contributed by atoms with van der Waals surface area (Å²) in [7, 11) is 0. The number of ketones is 1. The Labute approximate surface area is 54.0 Å². The number of rotatable bonds is 3. The van der Waals surface area contributed by atoms with E-state index in [0.29, 0.717) is 6.42 Å². The number of Topliss-reactive ketones (excluding diaryl/α,β-unsaturated/α-hetero) is 1. The van der Waals surface area contributed by atoms with Crippen molar-refractivity contribution in [2.75, 3.05) is 0 Å². The van der Waals surface area contributed by atoms with Crippen LogP contribution in [0.4, 0.5) is 0 Å². The second-order valence-corrected chi connectivity index (χ2v) is 4.00. The maximum absolute atomic E-state index is 10.2. The van der Waals surface area contributed by atoms with E-state index in [0.717, 1.165) is 4.44 Å². The van der Waals surface area contributed by atoms with Gasteiger partial charge in [0.25, 0.3) is 0 Å². The fraction of sp³-hybridized carbons (Fsp3) is 0.750. The molecule has 0 saturated heterocycles. The van der Waals surface area contributed by atoms with Gasteiger partial charge < -0.3 is 0 Å². The maximum atomic E-state index is 10.2. The summed E-state index contributed by atoms with van der Waals surface area (Å²) in [5.74, 6) is 0.270. The Balaban J connectivity index is 2.82. The summed E-state index contributed by atoms with van der Waals surface area (Å²) >= 11 is -0.568. The van der Waals surface area contributed by atoms with Crippen LogP contribution < -0.4 is 3.96 Å². The Morgan fingerprint density at radius 3 is 2.57 bits per heavy atom. The number of carbonyl (C=O) groups is 1. The van der Waals surface area contributed by atoms with Crippen molar-refractivity contribution in [1.29, 1.82) is 0 Å². The van der Waals surface area contributed by atoms with Gasteiger partial charge in [-0.2, -0.15) is 0 Å². The first kappa shape index (κ1) is 7.43. The molecule has 40 valence electrons. The summed E-state index contributed by atoms with van der Waals surface area (Å²) in [5.41, 5.74) is 0. The van der Waals surface area contributed by atoms with Gasteiger partial charge in [0.2, 0.25) is 0 Å². The predicted octanol–water partition coefficient (Wildman–Crippen LogP) is -0.0383. The van der Waals surface area contributed by atoms with E-state index >= 15 is 0 Å². The zero-order valence-electron chi connectivity index (χ0n) is 4.40. The summed E-state index contributed by atoms with van der Waals surface area (Å²) in [6.45, 7) is 1.61. The molecular weight excluding hydrogens is 197 g/mol. The predicted molar refractivity (Wildman–Crippen MR) is 30.0 cm³/mol. The van der Waals surface area contributed by atoms with Crippen molar-refractivity contribution >= 4 is 27.2 Å². The van der Waals surface area contributed by atoms with E-state index in [1.807, 2.05) is 0 Å². The molecule has 7 heavy (non-hydrogen) atoms. The van der Waals surface area contributed by atoms with Crippen molar-refractivity contribution in [3.63, 3.8) is 0 Å². The molecule has 0 saturated carbocycles. The molecule has 0 unspecified atom stereocenters. The minimum absolute atomic E-state index is 0.270. The van der Waals surface area contributed by atoms with Gasteiger partial charge in [-0.25, -0.2) is 0 Å². The molecule has 0 atom stereocenters. The van der Waals surface area contributed by atoms with Gasteiger partial charge in [0, 0.05) is 0 Å². The summed E-state index contributed by atoms with van der Waals surface area (Å²) in [6.07, 6.45) is 0.711. The van der Waals surface area contributed by atoms with Crippen LogP contribution >= 0.6 is 0 Å². The zero-order chi connectivity index (χ0) is 5.70. The van der Waals surface area contributed by atoms with Gasteiger partial charge in [-0.1, -0.05) is 0 Å². The fourth-order valence-electron chi connectivity index (χ4n) is 0.248. The zero-order valence-corrected chi connectivity index (χ0v) is 7.25. The van der Waals surface area contributed by atoms with Crippen molar-refractivity contribution < 1.29 is 4.79 Å². The van der Waals surface area contributed by atoms with E-state index in [4.69, 9.17) is 3.96 Å². The van der Waals surface area contributed by atoms with Crippen LogP contribution in [-0.2, 0) is 4.79 Å². The second kappa shape index (κ2) is 4.58. The third-order valence-electron chi connectivity index (χ3n) is 0.621. The Morgan fingerprint density at radius 1 is 1.86 bits per heavy atom. The van der Waals surface area contributed by atoms with Crippen LogP contribution in [-0.4, -0.2) is 27.2 Å². The van der Waals surface area contributed by atoms with Crippen LogP contribution in [0.15, 0.2) is 0 Å². The van der Waals surface area contributed by atoms with Crippen molar-refractivity contribution in [2.24, 2.45) is 3.96 Å². The molecule has 2 radical (unpaired) electrons. The molecule has 0 fully saturated rings. The molecule has 0 spiro atoms. The third kappa shape index (κ3) is 6.43. The van der Waals surface area contributed by atoms with Crippen molar-refractivity contribution in [1.82, 2.24) is 0 Å². The number of nitrogens with two attached hydrogens (primary N) is 1. The van der Waals surface area contributed by atoms with Gasteiger partial charge in [0.05, 0.1) is 0 Å². The van der Waals surface area contributed by atoms with Crippen LogP contribution in [0.1, 0.15) is 13.3 Å². The van der Waals surface area contributed by atoms with Gasteiger partial charge in [-0.05, 0) is 0 Å². The van der Waals surface area contributed by atoms with Gasteiger partial charge in [0.15, 0.2) is 0 Å². The SMILES string of the molecule is CC(=O)C[CH2][Sn][NH2]. The first-order chi connectivity index (χ1) is 3.27. The summed E-state index contributed by atoms with van der Waals surface area (Å²) in [4.78, 5) is 10.2. The first-order valence-electron chi connectivity index (χ1n) is 2.20. The monoisotopic (exact) mass is 207 g/mol. The van der Waals surface area contributed by atoms with Gasteiger partial charge in [0.1, 0.15) is 0 Å². The Morgan fingerprint density at radius 2 is 2.43 bits per heavy atom. The average Bonchev–Trinajstić information content (AvgIpc) is 1.61. The number of hydrogen-bond acceptors (Lipinski definition) is 2. The van der Waals surface area contributed by atoms with Crippen molar-refractivity contribution in [3.8, 4) is 0 Å². The van der Waals surface area contributed by atoms with Gasteiger partial charge >= 0.3 is 53.7 Å². The van der Waals surface area contributed by atoms with E-state index in [-0.39, 0.29) is 5.78 Å². The fourth-order valence-corrected chi connectivity index (χ4v) is 1.66. The van der Waals surface area contributed by atoms with Crippen LogP contribution in [0.3, 0.4) is 0 Å². The van der Waals surface area contributed by atoms with Crippen LogP contribution in [0, 0.1) is 0 Å². The molecular formula is C4H9NOSn. The Bertz CT molecular complexity index is 64.7. The molecule has 0 aliphatic carbocycles. The standard InChI is InChI=1S/C4H7O.H2N.Sn/c1-3-4(2)5;;/h1,3H2,2H3;1H2;/q;-1;+1. The molecule has 0 rings (SSSR count). The van der Waals surface area contributed by atoms with Crippen LogP contribution in [0.5, 0.6) is 0 Å². The topological polar surface area (TPSA) is 43.1 Å². The van der Waals surface area contributed by atoms with Gasteiger partial charge in [-0.15, -0.1) is 0 Å². The van der Waals surface area contributed by atoms with E-state index < -0.39 is 21.4 Å². The normalized spacial score (nSPS) is 8.86. The molecule has 0 heterocycles. The molecule has 0 aliphatic rings. The first-order valence-corrected chi connectivity index (χ1v) is 5.87.